The smallest absolute Gasteiger partial charge is 0.0755 e. The molecule has 2 aromatic heterocycles. The van der Waals surface area contributed by atoms with Gasteiger partial charge in [0.2, 0.25) is 0 Å². The number of pyridine rings is 1. The Kier molecular flexibility index (Phi) is 7.31. The predicted molar refractivity (Wildman–Crippen MR) is 130 cm³/mol. The van der Waals surface area contributed by atoms with E-state index in [1.807, 2.05) is 91.1 Å². The van der Waals surface area contributed by atoms with Gasteiger partial charge in [0.1, 0.15) is 0 Å². The van der Waals surface area contributed by atoms with Crippen molar-refractivity contribution in [2.24, 2.45) is 0 Å². The molecule has 0 unspecified atom stereocenters. The van der Waals surface area contributed by atoms with E-state index in [9.17, 15) is 0 Å². The number of fused-ring (bicyclic) bond motifs is 3. The Hall–Kier alpha value is -3.72. The number of nitrogens with zero attached hydrogens (tertiary/aromatic N) is 3. The van der Waals surface area contributed by atoms with Crippen molar-refractivity contribution in [3.05, 3.63) is 128 Å². The van der Waals surface area contributed by atoms with Gasteiger partial charge < -0.3 is 4.98 Å². The number of aromatic nitrogens is 3. The van der Waals surface area contributed by atoms with Gasteiger partial charge in [-0.25, -0.2) is 0 Å². The van der Waals surface area contributed by atoms with E-state index < -0.39 is 0 Å². The number of benzene rings is 4. The zero-order valence-electron chi connectivity index (χ0n) is 17.6. The average Bonchev–Trinajstić information content (AvgIpc) is 2.90. The first-order valence-electron chi connectivity index (χ1n) is 10.4. The van der Waals surface area contributed by atoms with Crippen LogP contribution in [0.15, 0.2) is 116 Å². The Morgan fingerprint density at radius 3 is 2.03 bits per heavy atom. The minimum atomic E-state index is 0. The third-order valence-corrected chi connectivity index (χ3v) is 5.09. The second-order valence-electron chi connectivity index (χ2n) is 7.18. The van der Waals surface area contributed by atoms with Crippen molar-refractivity contribution in [1.29, 1.82) is 0 Å². The van der Waals surface area contributed by atoms with Crippen LogP contribution in [0.4, 0.5) is 0 Å². The maximum absolute atomic E-state index is 4.65. The summed E-state index contributed by atoms with van der Waals surface area (Å²) in [6.45, 7) is 0. The van der Waals surface area contributed by atoms with Crippen LogP contribution in [0.25, 0.3) is 44.3 Å². The molecule has 1 radical (unpaired) electrons. The second-order valence-corrected chi connectivity index (χ2v) is 7.18. The second kappa shape index (κ2) is 10.7. The molecular weight excluding hydrogens is 583 g/mol. The first-order chi connectivity index (χ1) is 15.9. The van der Waals surface area contributed by atoms with Gasteiger partial charge in [0.25, 0.3) is 0 Å². The summed E-state index contributed by atoms with van der Waals surface area (Å²) in [5.41, 5.74) is 3.89. The predicted octanol–water partition coefficient (Wildman–Crippen LogP) is 6.80. The van der Waals surface area contributed by atoms with Crippen molar-refractivity contribution >= 4 is 21.7 Å². The summed E-state index contributed by atoms with van der Waals surface area (Å²) in [7, 11) is 0. The van der Waals surface area contributed by atoms with Gasteiger partial charge in [0, 0.05) is 37.9 Å². The molecule has 0 fully saturated rings. The normalized spacial score (nSPS) is 10.2. The quantitative estimate of drug-likeness (QED) is 0.162. The van der Waals surface area contributed by atoms with Gasteiger partial charge in [-0.2, -0.15) is 0 Å². The van der Waals surface area contributed by atoms with Crippen molar-refractivity contribution in [1.82, 2.24) is 15.0 Å². The van der Waals surface area contributed by atoms with Gasteiger partial charge in [-0.15, -0.1) is 71.8 Å². The first-order valence-corrected chi connectivity index (χ1v) is 10.4. The molecule has 0 aliphatic rings. The third kappa shape index (κ3) is 5.20. The molecule has 0 spiro atoms. The van der Waals surface area contributed by atoms with E-state index in [0.29, 0.717) is 5.82 Å². The molecule has 0 aliphatic heterocycles. The summed E-state index contributed by atoms with van der Waals surface area (Å²) < 4.78 is 0. The molecule has 0 saturated heterocycles. The number of hydrogen-bond donors (Lipinski definition) is 0. The van der Waals surface area contributed by atoms with E-state index in [2.05, 4.69) is 45.3 Å². The summed E-state index contributed by atoms with van der Waals surface area (Å²) in [6, 6.07) is 40.2. The Balaban J connectivity index is 0.000000172. The number of hydrogen-bond acceptors (Lipinski definition) is 3. The average molecular weight is 602 g/mol. The molecule has 6 aromatic rings. The number of rotatable bonds is 2. The van der Waals surface area contributed by atoms with Gasteiger partial charge >= 0.3 is 0 Å². The molecular formula is C29H19IrN3-2. The molecule has 0 saturated carbocycles. The zero-order chi connectivity index (χ0) is 21.6. The van der Waals surface area contributed by atoms with E-state index in [0.717, 1.165) is 27.7 Å². The maximum atomic E-state index is 4.65. The summed E-state index contributed by atoms with van der Waals surface area (Å²) >= 11 is 0. The summed E-state index contributed by atoms with van der Waals surface area (Å²) in [6.07, 6.45) is 3.69. The van der Waals surface area contributed by atoms with Crippen LogP contribution in [0.2, 0.25) is 0 Å². The SMILES string of the molecule is [Ir].[c-]1ccccc1-c1ccccn1.[c-]1ccccc1-c1ncc2c(ccc3ccccc32)n1. The maximum Gasteiger partial charge on any atom is 0.0755 e. The van der Waals surface area contributed by atoms with Gasteiger partial charge in [-0.05, 0) is 28.6 Å². The van der Waals surface area contributed by atoms with Crippen LogP contribution in [-0.4, -0.2) is 15.0 Å². The molecule has 161 valence electrons. The molecule has 4 heteroatoms. The molecule has 0 atom stereocenters. The van der Waals surface area contributed by atoms with Crippen LogP contribution in [0.1, 0.15) is 0 Å². The van der Waals surface area contributed by atoms with Crippen LogP contribution < -0.4 is 0 Å². The van der Waals surface area contributed by atoms with Crippen LogP contribution in [-0.2, 0) is 20.1 Å². The van der Waals surface area contributed by atoms with Gasteiger partial charge in [0.15, 0.2) is 0 Å². The van der Waals surface area contributed by atoms with Crippen molar-refractivity contribution in [3.8, 4) is 22.6 Å². The fourth-order valence-electron chi connectivity index (χ4n) is 3.52. The van der Waals surface area contributed by atoms with Gasteiger partial charge in [-0.3, -0.25) is 9.97 Å². The summed E-state index contributed by atoms with van der Waals surface area (Å²) in [5, 5.41) is 3.49. The third-order valence-electron chi connectivity index (χ3n) is 5.09. The van der Waals surface area contributed by atoms with E-state index >= 15 is 0 Å². The van der Waals surface area contributed by atoms with Crippen LogP contribution in [0.5, 0.6) is 0 Å². The van der Waals surface area contributed by atoms with E-state index in [4.69, 9.17) is 0 Å². The van der Waals surface area contributed by atoms with Crippen molar-refractivity contribution in [2.75, 3.05) is 0 Å². The summed E-state index contributed by atoms with van der Waals surface area (Å²) in [4.78, 5) is 13.4. The molecule has 3 nitrogen and oxygen atoms in total. The Morgan fingerprint density at radius 1 is 0.576 bits per heavy atom. The molecule has 6 rings (SSSR count). The standard InChI is InChI=1S/C18H11N2.C11H8N.Ir/c1-2-7-14(8-3-1)18-19-12-16-15-9-5-4-6-13(15)10-11-17(16)20-18;1-2-6-10(7-3-1)11-8-4-5-9-12-11;/h1-7,9-12H;1-6,8-9H;/q2*-1;. The Morgan fingerprint density at radius 2 is 1.30 bits per heavy atom. The first kappa shape index (κ1) is 22.5. The largest absolute Gasteiger partial charge is 0.305 e. The fourth-order valence-corrected chi connectivity index (χ4v) is 3.52. The minimum Gasteiger partial charge on any atom is -0.305 e. The monoisotopic (exact) mass is 602 g/mol. The summed E-state index contributed by atoms with van der Waals surface area (Å²) in [5.74, 6) is 0.716. The van der Waals surface area contributed by atoms with E-state index in [1.165, 1.54) is 10.8 Å². The molecule has 4 aromatic carbocycles. The molecule has 0 aliphatic carbocycles. The minimum absolute atomic E-state index is 0. The molecule has 2 heterocycles. The van der Waals surface area contributed by atoms with Crippen molar-refractivity contribution in [2.45, 2.75) is 0 Å². The molecule has 0 N–H and O–H groups in total. The van der Waals surface area contributed by atoms with E-state index in [1.54, 1.807) is 6.20 Å². The van der Waals surface area contributed by atoms with E-state index in [-0.39, 0.29) is 20.1 Å². The molecule has 0 bridgehead atoms. The van der Waals surface area contributed by atoms with Gasteiger partial charge in [0.05, 0.1) is 11.3 Å². The Labute approximate surface area is 206 Å². The molecule has 33 heavy (non-hydrogen) atoms. The molecule has 0 amide bonds. The Bertz CT molecular complexity index is 1420. The fraction of sp³-hybridized carbons (Fsp3) is 0. The van der Waals surface area contributed by atoms with Crippen molar-refractivity contribution < 1.29 is 20.1 Å². The van der Waals surface area contributed by atoms with Crippen LogP contribution in [0, 0.1) is 12.1 Å². The van der Waals surface area contributed by atoms with Crippen molar-refractivity contribution in [3.63, 3.8) is 0 Å². The van der Waals surface area contributed by atoms with Crippen LogP contribution >= 0.6 is 0 Å². The zero-order valence-corrected chi connectivity index (χ0v) is 20.0. The van der Waals surface area contributed by atoms with Gasteiger partial charge in [-0.1, -0.05) is 42.5 Å². The van der Waals surface area contributed by atoms with Crippen LogP contribution in [0.3, 0.4) is 0 Å². The topological polar surface area (TPSA) is 38.7 Å².